The van der Waals surface area contributed by atoms with Crippen LogP contribution in [0.3, 0.4) is 0 Å². The van der Waals surface area contributed by atoms with Crippen LogP contribution in [0.1, 0.15) is 18.7 Å². The highest BCUT2D eigenvalue weighted by Gasteiger charge is 2.18. The smallest absolute Gasteiger partial charge is 0.259 e. The summed E-state index contributed by atoms with van der Waals surface area (Å²) in [7, 11) is 0. The van der Waals surface area contributed by atoms with E-state index in [1.54, 1.807) is 11.3 Å². The number of benzene rings is 1. The van der Waals surface area contributed by atoms with Crippen LogP contribution in [-0.2, 0) is 11.2 Å². The van der Waals surface area contributed by atoms with E-state index < -0.39 is 0 Å². The number of nitrogens with one attached hydrogen (secondary N) is 1. The largest absolute Gasteiger partial charge is 0.378 e. The number of ether oxygens (including phenoxy) is 1. The van der Waals surface area contributed by atoms with Crippen LogP contribution in [0, 0.1) is 0 Å². The molecule has 3 aromatic rings. The van der Waals surface area contributed by atoms with Crippen molar-refractivity contribution in [2.45, 2.75) is 25.4 Å². The van der Waals surface area contributed by atoms with Crippen LogP contribution in [0.2, 0.25) is 0 Å². The third-order valence-electron chi connectivity index (χ3n) is 3.95. The number of rotatable bonds is 3. The van der Waals surface area contributed by atoms with Crippen molar-refractivity contribution in [2.24, 2.45) is 0 Å². The Labute approximate surface area is 131 Å². The maximum atomic E-state index is 12.3. The van der Waals surface area contributed by atoms with Gasteiger partial charge in [-0.15, -0.1) is 11.3 Å². The standard InChI is InChI=1S/C17H16N2O2S/c20-16-13-10-14(11-5-2-1-3-6-11)22-17(13)19-15(18-16)9-12-7-4-8-21-12/h1-3,5-6,10,12H,4,7-9H2,(H,18,19,20). The zero-order valence-electron chi connectivity index (χ0n) is 12.0. The highest BCUT2D eigenvalue weighted by molar-refractivity contribution is 7.21. The topological polar surface area (TPSA) is 55.0 Å². The molecule has 1 aliphatic rings. The molecule has 1 unspecified atom stereocenters. The van der Waals surface area contributed by atoms with Crippen LogP contribution in [0.25, 0.3) is 20.7 Å². The van der Waals surface area contributed by atoms with Crippen molar-refractivity contribution in [3.8, 4) is 10.4 Å². The number of aromatic amines is 1. The van der Waals surface area contributed by atoms with Crippen molar-refractivity contribution in [1.29, 1.82) is 0 Å². The van der Waals surface area contributed by atoms with Gasteiger partial charge in [-0.25, -0.2) is 4.98 Å². The summed E-state index contributed by atoms with van der Waals surface area (Å²) in [5, 5.41) is 0.667. The van der Waals surface area contributed by atoms with Crippen LogP contribution in [0.5, 0.6) is 0 Å². The van der Waals surface area contributed by atoms with Crippen molar-refractivity contribution in [2.75, 3.05) is 6.61 Å². The molecule has 1 fully saturated rings. The fourth-order valence-electron chi connectivity index (χ4n) is 2.84. The van der Waals surface area contributed by atoms with Gasteiger partial charge in [-0.05, 0) is 24.5 Å². The molecule has 4 rings (SSSR count). The van der Waals surface area contributed by atoms with E-state index in [1.165, 1.54) is 0 Å². The summed E-state index contributed by atoms with van der Waals surface area (Å²) < 4.78 is 5.62. The van der Waals surface area contributed by atoms with Gasteiger partial charge in [0.15, 0.2) is 0 Å². The van der Waals surface area contributed by atoms with Gasteiger partial charge in [-0.2, -0.15) is 0 Å². The highest BCUT2D eigenvalue weighted by atomic mass is 32.1. The Kier molecular flexibility index (Phi) is 3.52. The Morgan fingerprint density at radius 1 is 1.32 bits per heavy atom. The molecule has 1 aromatic carbocycles. The lowest BCUT2D eigenvalue weighted by atomic mass is 10.1. The Bertz CT molecular complexity index is 848. The molecule has 22 heavy (non-hydrogen) atoms. The molecule has 0 spiro atoms. The minimum atomic E-state index is -0.0589. The molecule has 1 aliphatic heterocycles. The molecule has 1 saturated heterocycles. The molecule has 0 aliphatic carbocycles. The van der Waals surface area contributed by atoms with Gasteiger partial charge >= 0.3 is 0 Å². The first-order chi connectivity index (χ1) is 10.8. The number of hydrogen-bond donors (Lipinski definition) is 1. The highest BCUT2D eigenvalue weighted by Crippen LogP contribution is 2.30. The van der Waals surface area contributed by atoms with Gasteiger partial charge in [0.25, 0.3) is 5.56 Å². The molecule has 5 heteroatoms. The summed E-state index contributed by atoms with van der Waals surface area (Å²) in [6, 6.07) is 12.0. The molecule has 0 bridgehead atoms. The molecule has 1 atom stereocenters. The molecule has 3 heterocycles. The Hall–Kier alpha value is -1.98. The third kappa shape index (κ3) is 2.58. The first kappa shape index (κ1) is 13.7. The summed E-state index contributed by atoms with van der Waals surface area (Å²) in [6.07, 6.45) is 3.01. The number of fused-ring (bicyclic) bond motifs is 1. The van der Waals surface area contributed by atoms with E-state index in [1.807, 2.05) is 36.4 Å². The first-order valence-electron chi connectivity index (χ1n) is 7.49. The lowest BCUT2D eigenvalue weighted by Crippen LogP contribution is -2.16. The zero-order valence-corrected chi connectivity index (χ0v) is 12.9. The van der Waals surface area contributed by atoms with Crippen LogP contribution in [0.15, 0.2) is 41.2 Å². The number of aromatic nitrogens is 2. The fourth-order valence-corrected chi connectivity index (χ4v) is 3.89. The lowest BCUT2D eigenvalue weighted by Gasteiger charge is -2.07. The Morgan fingerprint density at radius 2 is 2.18 bits per heavy atom. The van der Waals surface area contributed by atoms with Gasteiger partial charge in [0.05, 0.1) is 11.5 Å². The second kappa shape index (κ2) is 5.66. The number of hydrogen-bond acceptors (Lipinski definition) is 4. The summed E-state index contributed by atoms with van der Waals surface area (Å²) >= 11 is 1.56. The summed E-state index contributed by atoms with van der Waals surface area (Å²) in [6.45, 7) is 0.814. The molecule has 1 N–H and O–H groups in total. The monoisotopic (exact) mass is 312 g/mol. The molecule has 0 radical (unpaired) electrons. The average Bonchev–Trinajstić information content (AvgIpc) is 3.18. The number of thiophene rings is 1. The van der Waals surface area contributed by atoms with Gasteiger partial charge in [0.1, 0.15) is 10.7 Å². The van der Waals surface area contributed by atoms with E-state index in [2.05, 4.69) is 9.97 Å². The molecule has 0 saturated carbocycles. The zero-order chi connectivity index (χ0) is 14.9. The number of nitrogens with zero attached hydrogens (tertiary/aromatic N) is 1. The summed E-state index contributed by atoms with van der Waals surface area (Å²) in [5.74, 6) is 0.728. The minimum absolute atomic E-state index is 0.0589. The van der Waals surface area contributed by atoms with Crippen LogP contribution < -0.4 is 5.56 Å². The van der Waals surface area contributed by atoms with Crippen molar-refractivity contribution < 1.29 is 4.74 Å². The van der Waals surface area contributed by atoms with Gasteiger partial charge in [0.2, 0.25) is 0 Å². The van der Waals surface area contributed by atoms with E-state index in [9.17, 15) is 4.79 Å². The second-order valence-corrected chi connectivity index (χ2v) is 6.58. The summed E-state index contributed by atoms with van der Waals surface area (Å²) in [5.41, 5.74) is 1.06. The van der Waals surface area contributed by atoms with Crippen molar-refractivity contribution in [1.82, 2.24) is 9.97 Å². The molecular formula is C17H16N2O2S. The predicted molar refractivity (Wildman–Crippen MR) is 88.4 cm³/mol. The maximum absolute atomic E-state index is 12.3. The Balaban J connectivity index is 1.73. The van der Waals surface area contributed by atoms with Crippen molar-refractivity contribution in [3.63, 3.8) is 0 Å². The summed E-state index contributed by atoms with van der Waals surface area (Å²) in [4.78, 5) is 21.7. The normalized spacial score (nSPS) is 18.1. The van der Waals surface area contributed by atoms with E-state index in [0.29, 0.717) is 11.8 Å². The molecule has 0 amide bonds. The van der Waals surface area contributed by atoms with E-state index in [4.69, 9.17) is 4.74 Å². The van der Waals surface area contributed by atoms with Crippen molar-refractivity contribution >= 4 is 21.6 Å². The predicted octanol–water partition coefficient (Wildman–Crippen LogP) is 3.37. The van der Waals surface area contributed by atoms with Crippen LogP contribution in [-0.4, -0.2) is 22.7 Å². The van der Waals surface area contributed by atoms with Gasteiger partial charge in [-0.3, -0.25) is 4.79 Å². The third-order valence-corrected chi connectivity index (χ3v) is 5.03. The van der Waals surface area contributed by atoms with Gasteiger partial charge in [-0.1, -0.05) is 30.3 Å². The van der Waals surface area contributed by atoms with E-state index in [0.717, 1.165) is 40.5 Å². The lowest BCUT2D eigenvalue weighted by molar-refractivity contribution is 0.110. The van der Waals surface area contributed by atoms with Crippen LogP contribution in [0.4, 0.5) is 0 Å². The minimum Gasteiger partial charge on any atom is -0.378 e. The molecule has 2 aromatic heterocycles. The fraction of sp³-hybridized carbons (Fsp3) is 0.294. The maximum Gasteiger partial charge on any atom is 0.259 e. The quantitative estimate of drug-likeness (QED) is 0.806. The van der Waals surface area contributed by atoms with E-state index >= 15 is 0 Å². The molecule has 112 valence electrons. The average molecular weight is 312 g/mol. The van der Waals surface area contributed by atoms with Gasteiger partial charge < -0.3 is 9.72 Å². The van der Waals surface area contributed by atoms with E-state index in [-0.39, 0.29) is 11.7 Å². The first-order valence-corrected chi connectivity index (χ1v) is 8.31. The SMILES string of the molecule is O=c1[nH]c(CC2CCCO2)nc2sc(-c3ccccc3)cc12. The van der Waals surface area contributed by atoms with Crippen molar-refractivity contribution in [3.05, 3.63) is 52.6 Å². The van der Waals surface area contributed by atoms with Gasteiger partial charge in [0, 0.05) is 17.9 Å². The Morgan fingerprint density at radius 3 is 2.95 bits per heavy atom. The molecule has 4 nitrogen and oxygen atoms in total. The molecular weight excluding hydrogens is 296 g/mol. The second-order valence-electron chi connectivity index (χ2n) is 5.55. The van der Waals surface area contributed by atoms with Crippen LogP contribution >= 0.6 is 11.3 Å². The number of H-pyrrole nitrogens is 1.